The molecule has 8 heteroatoms. The Morgan fingerprint density at radius 3 is 3.14 bits per heavy atom. The molecule has 0 aliphatic heterocycles. The summed E-state index contributed by atoms with van der Waals surface area (Å²) in [6.45, 7) is 0.00983. The fourth-order valence-corrected chi connectivity index (χ4v) is 3.82. The van der Waals surface area contributed by atoms with Gasteiger partial charge in [0, 0.05) is 4.88 Å². The number of nitrogens with zero attached hydrogens (tertiary/aromatic N) is 4. The van der Waals surface area contributed by atoms with Crippen molar-refractivity contribution in [1.29, 1.82) is 0 Å². The molecule has 4 rings (SSSR count). The highest BCUT2D eigenvalue weighted by Crippen LogP contribution is 2.31. The Hall–Kier alpha value is -1.99. The lowest BCUT2D eigenvalue weighted by Crippen LogP contribution is -2.07. The zero-order valence-electron chi connectivity index (χ0n) is 11.5. The molecule has 22 heavy (non-hydrogen) atoms. The van der Waals surface area contributed by atoms with Crippen LogP contribution < -0.4 is 0 Å². The van der Waals surface area contributed by atoms with E-state index in [9.17, 15) is 4.79 Å². The molecule has 0 saturated heterocycles. The molecule has 0 atom stereocenters. The highest BCUT2D eigenvalue weighted by molar-refractivity contribution is 7.14. The smallest absolute Gasteiger partial charge is 0.348 e. The summed E-state index contributed by atoms with van der Waals surface area (Å²) in [4.78, 5) is 14.1. The van der Waals surface area contributed by atoms with Crippen LogP contribution >= 0.6 is 22.9 Å². The first-order valence-electron chi connectivity index (χ1n) is 6.86. The SMILES string of the molecule is O=C(OCc1nnc2ccc(Cl)nn12)c1cc2c(s1)CCC2. The largest absolute Gasteiger partial charge is 0.453 e. The molecule has 0 aromatic carbocycles. The minimum Gasteiger partial charge on any atom is -0.453 e. The highest BCUT2D eigenvalue weighted by Gasteiger charge is 2.20. The Kier molecular flexibility index (Phi) is 3.31. The van der Waals surface area contributed by atoms with E-state index in [1.54, 1.807) is 12.1 Å². The molecule has 112 valence electrons. The van der Waals surface area contributed by atoms with Gasteiger partial charge in [-0.15, -0.1) is 21.5 Å². The quantitative estimate of drug-likeness (QED) is 0.689. The van der Waals surface area contributed by atoms with E-state index in [0.29, 0.717) is 21.5 Å². The minimum atomic E-state index is -0.335. The van der Waals surface area contributed by atoms with E-state index >= 15 is 0 Å². The molecule has 0 N–H and O–H groups in total. The number of hydrogen-bond donors (Lipinski definition) is 0. The van der Waals surface area contributed by atoms with Crippen LogP contribution in [0.15, 0.2) is 18.2 Å². The van der Waals surface area contributed by atoms with Crippen LogP contribution in [0, 0.1) is 0 Å². The number of aryl methyl sites for hydroxylation is 2. The fraction of sp³-hybridized carbons (Fsp3) is 0.286. The normalized spacial score (nSPS) is 13.5. The van der Waals surface area contributed by atoms with Crippen molar-refractivity contribution in [2.75, 3.05) is 0 Å². The number of carbonyl (C=O) groups excluding carboxylic acids is 1. The summed E-state index contributed by atoms with van der Waals surface area (Å²) in [7, 11) is 0. The lowest BCUT2D eigenvalue weighted by atomic mass is 10.2. The number of rotatable bonds is 3. The van der Waals surface area contributed by atoms with Crippen LogP contribution in [0.2, 0.25) is 5.15 Å². The number of esters is 1. The van der Waals surface area contributed by atoms with Crippen molar-refractivity contribution < 1.29 is 9.53 Å². The minimum absolute atomic E-state index is 0.00983. The van der Waals surface area contributed by atoms with Crippen molar-refractivity contribution in [2.24, 2.45) is 0 Å². The third-order valence-electron chi connectivity index (χ3n) is 3.57. The molecule has 0 bridgehead atoms. The van der Waals surface area contributed by atoms with Crippen molar-refractivity contribution in [3.8, 4) is 0 Å². The second-order valence-corrected chi connectivity index (χ2v) is 6.56. The first-order valence-corrected chi connectivity index (χ1v) is 8.06. The van der Waals surface area contributed by atoms with Gasteiger partial charge in [0.25, 0.3) is 0 Å². The van der Waals surface area contributed by atoms with Crippen molar-refractivity contribution >= 4 is 34.6 Å². The van der Waals surface area contributed by atoms with E-state index in [1.807, 2.05) is 6.07 Å². The topological polar surface area (TPSA) is 69.4 Å². The van der Waals surface area contributed by atoms with Gasteiger partial charge in [-0.2, -0.15) is 9.61 Å². The maximum Gasteiger partial charge on any atom is 0.348 e. The predicted molar refractivity (Wildman–Crippen MR) is 81.3 cm³/mol. The molecule has 1 aliphatic carbocycles. The number of halogens is 1. The van der Waals surface area contributed by atoms with Crippen molar-refractivity contribution in [2.45, 2.75) is 25.9 Å². The zero-order valence-corrected chi connectivity index (χ0v) is 13.0. The van der Waals surface area contributed by atoms with Gasteiger partial charge in [0.15, 0.2) is 18.1 Å². The van der Waals surface area contributed by atoms with Crippen LogP contribution in [-0.2, 0) is 24.2 Å². The summed E-state index contributed by atoms with van der Waals surface area (Å²) in [6, 6.07) is 5.28. The molecule has 3 aromatic rings. The average molecular weight is 335 g/mol. The van der Waals surface area contributed by atoms with E-state index in [-0.39, 0.29) is 12.6 Å². The van der Waals surface area contributed by atoms with Crippen molar-refractivity contribution in [3.63, 3.8) is 0 Å². The summed E-state index contributed by atoms with van der Waals surface area (Å²) < 4.78 is 6.80. The van der Waals surface area contributed by atoms with Crippen LogP contribution in [0.5, 0.6) is 0 Å². The van der Waals surface area contributed by atoms with Crippen LogP contribution in [0.3, 0.4) is 0 Å². The van der Waals surface area contributed by atoms with Gasteiger partial charge < -0.3 is 4.74 Å². The Labute approximate surface area is 134 Å². The second kappa shape index (κ2) is 5.33. The van der Waals surface area contributed by atoms with Crippen molar-refractivity contribution in [1.82, 2.24) is 19.8 Å². The van der Waals surface area contributed by atoms with Crippen molar-refractivity contribution in [3.05, 3.63) is 44.5 Å². The maximum atomic E-state index is 12.1. The Morgan fingerprint density at radius 1 is 1.36 bits per heavy atom. The number of fused-ring (bicyclic) bond motifs is 2. The molecule has 1 aliphatic rings. The molecule has 0 saturated carbocycles. The number of ether oxygens (including phenoxy) is 1. The molecular weight excluding hydrogens is 324 g/mol. The van der Waals surface area contributed by atoms with E-state index in [0.717, 1.165) is 12.8 Å². The summed E-state index contributed by atoms with van der Waals surface area (Å²) in [6.07, 6.45) is 3.29. The molecule has 6 nitrogen and oxygen atoms in total. The van der Waals surface area contributed by atoms with E-state index in [1.165, 1.54) is 32.7 Å². The Balaban J connectivity index is 1.51. The van der Waals surface area contributed by atoms with Crippen LogP contribution in [-0.4, -0.2) is 25.8 Å². The second-order valence-electron chi connectivity index (χ2n) is 5.03. The lowest BCUT2D eigenvalue weighted by Gasteiger charge is -2.02. The molecule has 0 amide bonds. The maximum absolute atomic E-state index is 12.1. The van der Waals surface area contributed by atoms with E-state index in [4.69, 9.17) is 16.3 Å². The van der Waals surface area contributed by atoms with Gasteiger partial charge in [-0.25, -0.2) is 4.79 Å². The summed E-state index contributed by atoms with van der Waals surface area (Å²) in [5, 5.41) is 12.3. The summed E-state index contributed by atoms with van der Waals surface area (Å²) in [5.41, 5.74) is 1.84. The van der Waals surface area contributed by atoms with E-state index in [2.05, 4.69) is 15.3 Å². The first kappa shape index (κ1) is 13.7. The van der Waals surface area contributed by atoms with Gasteiger partial charge in [-0.1, -0.05) is 11.6 Å². The third kappa shape index (κ3) is 2.36. The highest BCUT2D eigenvalue weighted by atomic mass is 35.5. The summed E-state index contributed by atoms with van der Waals surface area (Å²) in [5.74, 6) is 0.105. The number of hydrogen-bond acceptors (Lipinski definition) is 6. The molecule has 3 heterocycles. The first-order chi connectivity index (χ1) is 10.7. The standard InChI is InChI=1S/C14H11ClN4O2S/c15-11-4-5-12-16-17-13(19(12)18-11)7-21-14(20)10-6-8-2-1-3-9(8)22-10/h4-6H,1-3,7H2. The zero-order chi connectivity index (χ0) is 15.1. The van der Waals surface area contributed by atoms with Crippen LogP contribution in [0.4, 0.5) is 0 Å². The fourth-order valence-electron chi connectivity index (χ4n) is 2.53. The monoisotopic (exact) mass is 334 g/mol. The van der Waals surface area contributed by atoms with Gasteiger partial charge >= 0.3 is 5.97 Å². The summed E-state index contributed by atoms with van der Waals surface area (Å²) >= 11 is 7.37. The molecular formula is C14H11ClN4O2S. The number of carbonyl (C=O) groups is 1. The third-order valence-corrected chi connectivity index (χ3v) is 4.99. The molecule has 0 unspecified atom stereocenters. The van der Waals surface area contributed by atoms with Gasteiger partial charge in [0.05, 0.1) is 0 Å². The molecule has 0 spiro atoms. The van der Waals surface area contributed by atoms with Gasteiger partial charge in [-0.3, -0.25) is 0 Å². The van der Waals surface area contributed by atoms with E-state index < -0.39 is 0 Å². The Morgan fingerprint density at radius 2 is 2.27 bits per heavy atom. The van der Waals surface area contributed by atoms with Gasteiger partial charge in [0.2, 0.25) is 0 Å². The lowest BCUT2D eigenvalue weighted by molar-refractivity contribution is 0.0465. The number of aromatic nitrogens is 4. The Bertz CT molecular complexity index is 851. The molecule has 0 fully saturated rings. The molecule has 3 aromatic heterocycles. The number of thiophene rings is 1. The van der Waals surface area contributed by atoms with Gasteiger partial charge in [0.1, 0.15) is 10.0 Å². The van der Waals surface area contributed by atoms with Gasteiger partial charge in [-0.05, 0) is 43.0 Å². The molecule has 0 radical (unpaired) electrons. The van der Waals surface area contributed by atoms with Crippen LogP contribution in [0.1, 0.15) is 32.4 Å². The van der Waals surface area contributed by atoms with Crippen LogP contribution in [0.25, 0.3) is 5.65 Å². The average Bonchev–Trinajstić information content (AvgIpc) is 3.18. The predicted octanol–water partition coefficient (Wildman–Crippen LogP) is 2.68.